The molecular weight excluding hydrogens is 400 g/mol. The van der Waals surface area contributed by atoms with Gasteiger partial charge in [-0.3, -0.25) is 0 Å². The third-order valence-corrected chi connectivity index (χ3v) is 6.75. The molecular formula is C31H22N2. The van der Waals surface area contributed by atoms with Gasteiger partial charge in [0, 0.05) is 27.2 Å². The standard InChI is InChI=1S/C31H22N2/c1-21-10-8-11-22(20-21)32-27-16-5-4-14-25(27)26-15-9-19-30(31(26)32)33-28-17-6-2-12-23(28)24-13-3-7-18-29(24)33/h2-20H,1H3. The van der Waals surface area contributed by atoms with Gasteiger partial charge in [-0.1, -0.05) is 78.9 Å². The number of fused-ring (bicyclic) bond motifs is 6. The molecule has 0 atom stereocenters. The molecule has 0 saturated carbocycles. The van der Waals surface area contributed by atoms with Crippen molar-refractivity contribution in [3.05, 3.63) is 121 Å². The molecule has 5 aromatic carbocycles. The van der Waals surface area contributed by atoms with Crippen molar-refractivity contribution in [2.24, 2.45) is 0 Å². The van der Waals surface area contributed by atoms with E-state index in [1.165, 1.54) is 60.5 Å². The van der Waals surface area contributed by atoms with Gasteiger partial charge in [0.2, 0.25) is 0 Å². The van der Waals surface area contributed by atoms with Crippen LogP contribution in [-0.4, -0.2) is 9.13 Å². The van der Waals surface area contributed by atoms with Crippen molar-refractivity contribution in [1.29, 1.82) is 0 Å². The Bertz CT molecular complexity index is 1780. The summed E-state index contributed by atoms with van der Waals surface area (Å²) in [6.07, 6.45) is 0. The van der Waals surface area contributed by atoms with E-state index < -0.39 is 0 Å². The molecule has 0 aliphatic carbocycles. The molecule has 2 aromatic heterocycles. The summed E-state index contributed by atoms with van der Waals surface area (Å²) in [5, 5.41) is 5.11. The molecule has 0 saturated heterocycles. The minimum atomic E-state index is 1.19. The van der Waals surface area contributed by atoms with Crippen molar-refractivity contribution in [1.82, 2.24) is 9.13 Å². The van der Waals surface area contributed by atoms with Crippen molar-refractivity contribution < 1.29 is 0 Å². The largest absolute Gasteiger partial charge is 0.307 e. The van der Waals surface area contributed by atoms with Gasteiger partial charge >= 0.3 is 0 Å². The topological polar surface area (TPSA) is 9.86 Å². The Labute approximate surface area is 191 Å². The maximum Gasteiger partial charge on any atom is 0.0782 e. The zero-order valence-corrected chi connectivity index (χ0v) is 18.4. The molecule has 0 aliphatic rings. The summed E-state index contributed by atoms with van der Waals surface area (Å²) in [6, 6.07) is 41.7. The Hall–Kier alpha value is -4.30. The lowest BCUT2D eigenvalue weighted by Gasteiger charge is -2.14. The number of para-hydroxylation sites is 4. The predicted octanol–water partition coefficient (Wildman–Crippen LogP) is 8.19. The van der Waals surface area contributed by atoms with Gasteiger partial charge in [0.25, 0.3) is 0 Å². The third-order valence-electron chi connectivity index (χ3n) is 6.75. The van der Waals surface area contributed by atoms with E-state index in [0.717, 1.165) is 0 Å². The van der Waals surface area contributed by atoms with Crippen molar-refractivity contribution in [3.63, 3.8) is 0 Å². The van der Waals surface area contributed by atoms with E-state index in [9.17, 15) is 0 Å². The number of aryl methyl sites for hydroxylation is 1. The number of hydrogen-bond acceptors (Lipinski definition) is 0. The second kappa shape index (κ2) is 6.85. The van der Waals surface area contributed by atoms with Crippen LogP contribution in [0.1, 0.15) is 5.56 Å². The number of hydrogen-bond donors (Lipinski definition) is 0. The van der Waals surface area contributed by atoms with Crippen LogP contribution in [0.25, 0.3) is 55.0 Å². The summed E-state index contributed by atoms with van der Waals surface area (Å²) >= 11 is 0. The Morgan fingerprint density at radius 3 is 1.61 bits per heavy atom. The van der Waals surface area contributed by atoms with Crippen LogP contribution in [0.15, 0.2) is 115 Å². The molecule has 0 fully saturated rings. The van der Waals surface area contributed by atoms with Crippen LogP contribution in [0.3, 0.4) is 0 Å². The minimum Gasteiger partial charge on any atom is -0.307 e. The van der Waals surface area contributed by atoms with E-state index in [2.05, 4.69) is 131 Å². The number of benzene rings is 5. The molecule has 2 nitrogen and oxygen atoms in total. The van der Waals surface area contributed by atoms with Crippen molar-refractivity contribution in [3.8, 4) is 11.4 Å². The molecule has 0 spiro atoms. The summed E-state index contributed by atoms with van der Waals surface area (Å²) in [6.45, 7) is 2.16. The first kappa shape index (κ1) is 18.3. The highest BCUT2D eigenvalue weighted by Gasteiger charge is 2.19. The smallest absolute Gasteiger partial charge is 0.0782 e. The Kier molecular flexibility index (Phi) is 3.80. The zero-order valence-electron chi connectivity index (χ0n) is 18.4. The van der Waals surface area contributed by atoms with Gasteiger partial charge in [-0.05, 0) is 48.9 Å². The first-order valence-corrected chi connectivity index (χ1v) is 11.4. The quantitative estimate of drug-likeness (QED) is 0.266. The number of nitrogens with zero attached hydrogens (tertiary/aromatic N) is 2. The van der Waals surface area contributed by atoms with E-state index in [1.807, 2.05) is 0 Å². The van der Waals surface area contributed by atoms with Crippen LogP contribution in [0, 0.1) is 6.92 Å². The summed E-state index contributed by atoms with van der Waals surface area (Å²) < 4.78 is 4.86. The maximum atomic E-state index is 2.43. The summed E-state index contributed by atoms with van der Waals surface area (Å²) in [7, 11) is 0. The molecule has 0 bridgehead atoms. The van der Waals surface area contributed by atoms with Gasteiger partial charge in [-0.25, -0.2) is 0 Å². The van der Waals surface area contributed by atoms with Gasteiger partial charge < -0.3 is 9.13 Å². The van der Waals surface area contributed by atoms with Crippen molar-refractivity contribution in [2.45, 2.75) is 6.92 Å². The van der Waals surface area contributed by atoms with Crippen LogP contribution in [0.2, 0.25) is 0 Å². The summed E-state index contributed by atoms with van der Waals surface area (Å²) in [4.78, 5) is 0. The Morgan fingerprint density at radius 1 is 0.455 bits per heavy atom. The molecule has 0 amide bonds. The predicted molar refractivity (Wildman–Crippen MR) is 140 cm³/mol. The minimum absolute atomic E-state index is 1.19. The second-order valence-corrected chi connectivity index (χ2v) is 8.73. The first-order chi connectivity index (χ1) is 16.3. The van der Waals surface area contributed by atoms with Crippen LogP contribution in [-0.2, 0) is 0 Å². The molecule has 0 unspecified atom stereocenters. The van der Waals surface area contributed by atoms with Crippen LogP contribution in [0.4, 0.5) is 0 Å². The summed E-state index contributed by atoms with van der Waals surface area (Å²) in [5.41, 5.74) is 8.56. The first-order valence-electron chi connectivity index (χ1n) is 11.4. The Balaban J connectivity index is 1.72. The van der Waals surface area contributed by atoms with Crippen LogP contribution in [0.5, 0.6) is 0 Å². The molecule has 7 aromatic rings. The highest BCUT2D eigenvalue weighted by atomic mass is 15.1. The molecule has 33 heavy (non-hydrogen) atoms. The highest BCUT2D eigenvalue weighted by molar-refractivity contribution is 6.14. The van der Waals surface area contributed by atoms with Gasteiger partial charge in [-0.2, -0.15) is 0 Å². The maximum absolute atomic E-state index is 2.43. The van der Waals surface area contributed by atoms with Crippen LogP contribution < -0.4 is 0 Å². The second-order valence-electron chi connectivity index (χ2n) is 8.73. The lowest BCUT2D eigenvalue weighted by Crippen LogP contribution is -2.00. The van der Waals surface area contributed by atoms with E-state index in [-0.39, 0.29) is 0 Å². The lowest BCUT2D eigenvalue weighted by atomic mass is 10.1. The molecule has 7 rings (SSSR count). The molecule has 0 N–H and O–H groups in total. The molecule has 0 radical (unpaired) electrons. The average molecular weight is 423 g/mol. The van der Waals surface area contributed by atoms with Gasteiger partial charge in [0.15, 0.2) is 0 Å². The van der Waals surface area contributed by atoms with Gasteiger partial charge in [0.1, 0.15) is 0 Å². The Morgan fingerprint density at radius 2 is 0.970 bits per heavy atom. The number of rotatable bonds is 2. The molecule has 2 heteroatoms. The molecule has 0 aliphatic heterocycles. The third kappa shape index (κ3) is 2.55. The van der Waals surface area contributed by atoms with Crippen molar-refractivity contribution >= 4 is 43.6 Å². The number of aromatic nitrogens is 2. The monoisotopic (exact) mass is 422 g/mol. The fourth-order valence-electron chi connectivity index (χ4n) is 5.40. The van der Waals surface area contributed by atoms with Gasteiger partial charge in [-0.15, -0.1) is 0 Å². The molecule has 156 valence electrons. The fraction of sp³-hybridized carbons (Fsp3) is 0.0323. The van der Waals surface area contributed by atoms with E-state index in [0.29, 0.717) is 0 Å². The summed E-state index contributed by atoms with van der Waals surface area (Å²) in [5.74, 6) is 0. The van der Waals surface area contributed by atoms with Crippen molar-refractivity contribution in [2.75, 3.05) is 0 Å². The fourth-order valence-corrected chi connectivity index (χ4v) is 5.40. The average Bonchev–Trinajstić information content (AvgIpc) is 3.37. The van der Waals surface area contributed by atoms with E-state index in [4.69, 9.17) is 0 Å². The van der Waals surface area contributed by atoms with E-state index in [1.54, 1.807) is 0 Å². The lowest BCUT2D eigenvalue weighted by molar-refractivity contribution is 1.13. The van der Waals surface area contributed by atoms with Crippen LogP contribution >= 0.6 is 0 Å². The molecule has 2 heterocycles. The zero-order chi connectivity index (χ0) is 21.9. The SMILES string of the molecule is Cc1cccc(-n2c3ccccc3c3cccc(-n4c5ccccc5c5ccccc54)c32)c1. The van der Waals surface area contributed by atoms with E-state index >= 15 is 0 Å². The van der Waals surface area contributed by atoms with Gasteiger partial charge in [0.05, 0.1) is 27.8 Å². The normalized spacial score (nSPS) is 11.8. The highest BCUT2D eigenvalue weighted by Crippen LogP contribution is 2.39.